The van der Waals surface area contributed by atoms with Crippen LogP contribution in [-0.4, -0.2) is 52.3 Å². The van der Waals surface area contributed by atoms with E-state index in [1.807, 2.05) is 12.1 Å². The normalized spacial score (nSPS) is 22.5. The summed E-state index contributed by atoms with van der Waals surface area (Å²) in [6, 6.07) is 28.8. The first-order valence-corrected chi connectivity index (χ1v) is 12.1. The third kappa shape index (κ3) is 5.98. The number of fused-ring (bicyclic) bond motifs is 3. The van der Waals surface area contributed by atoms with Crippen LogP contribution >= 0.6 is 0 Å². The van der Waals surface area contributed by atoms with Crippen molar-refractivity contribution in [3.8, 4) is 0 Å². The lowest BCUT2D eigenvalue weighted by Gasteiger charge is -2.53. The Morgan fingerprint density at radius 2 is 1.33 bits per heavy atom. The number of rotatable bonds is 6. The predicted molar refractivity (Wildman–Crippen MR) is 133 cm³/mol. The molecule has 7 heteroatoms. The van der Waals surface area contributed by atoms with E-state index >= 15 is 0 Å². The lowest BCUT2D eigenvalue weighted by molar-refractivity contribution is -0.159. The number of aliphatic carboxylic acids is 2. The molecule has 6 rings (SSSR count). The van der Waals surface area contributed by atoms with Crippen LogP contribution < -0.4 is 0 Å². The fourth-order valence-corrected chi connectivity index (χ4v) is 5.38. The number of piperidine rings is 3. The van der Waals surface area contributed by atoms with Crippen LogP contribution in [0.5, 0.6) is 0 Å². The number of carboxylic acid groups (broad SMARTS) is 2. The summed E-state index contributed by atoms with van der Waals surface area (Å²) in [5.74, 6) is -3.06. The lowest BCUT2D eigenvalue weighted by atomic mass is 9.72. The van der Waals surface area contributed by atoms with Gasteiger partial charge in [-0.15, -0.1) is 0 Å². The van der Waals surface area contributed by atoms with Crippen LogP contribution in [0, 0.1) is 11.7 Å². The van der Waals surface area contributed by atoms with Crippen molar-refractivity contribution in [2.24, 2.45) is 5.92 Å². The Balaban J connectivity index is 0.000000455. The second-order valence-corrected chi connectivity index (χ2v) is 9.14. The zero-order valence-corrected chi connectivity index (χ0v) is 19.9. The standard InChI is InChI=1S/C27H28FNO.C2H2O4/c28-24-14-8-7-13-23(24)19-30-27-22-15-17-29(18-16-22)26(27)25(20-9-3-1-4-10-20)21-11-5-2-6-12-21;3-1(4)2(5)6/h1-14,22,25-27H,15-19H2;(H,3,4)(H,5,6)/t26-,27-;/m1./s1. The van der Waals surface area contributed by atoms with E-state index in [2.05, 4.69) is 65.6 Å². The van der Waals surface area contributed by atoms with Crippen molar-refractivity contribution < 1.29 is 28.9 Å². The van der Waals surface area contributed by atoms with E-state index in [9.17, 15) is 4.39 Å². The minimum atomic E-state index is -1.82. The lowest BCUT2D eigenvalue weighted by Crippen LogP contribution is -2.60. The smallest absolute Gasteiger partial charge is 0.414 e. The number of nitrogens with zero attached hydrogens (tertiary/aromatic N) is 1. The quantitative estimate of drug-likeness (QED) is 0.482. The van der Waals surface area contributed by atoms with Gasteiger partial charge in [-0.25, -0.2) is 14.0 Å². The molecule has 36 heavy (non-hydrogen) atoms. The molecule has 3 heterocycles. The van der Waals surface area contributed by atoms with Gasteiger partial charge in [0, 0.05) is 17.5 Å². The summed E-state index contributed by atoms with van der Waals surface area (Å²) in [6.45, 7) is 2.56. The fourth-order valence-electron chi connectivity index (χ4n) is 5.38. The van der Waals surface area contributed by atoms with E-state index < -0.39 is 11.9 Å². The molecule has 3 aliphatic heterocycles. The van der Waals surface area contributed by atoms with Crippen LogP contribution in [-0.2, 0) is 20.9 Å². The maximum atomic E-state index is 14.2. The largest absolute Gasteiger partial charge is 0.473 e. The average Bonchev–Trinajstić information content (AvgIpc) is 2.91. The molecule has 2 bridgehead atoms. The monoisotopic (exact) mass is 491 g/mol. The van der Waals surface area contributed by atoms with Gasteiger partial charge in [-0.2, -0.15) is 0 Å². The number of benzene rings is 3. The van der Waals surface area contributed by atoms with Crippen molar-refractivity contribution in [2.75, 3.05) is 13.1 Å². The molecule has 0 radical (unpaired) electrons. The third-order valence-electron chi connectivity index (χ3n) is 7.03. The molecule has 3 fully saturated rings. The van der Waals surface area contributed by atoms with Crippen molar-refractivity contribution in [1.82, 2.24) is 4.90 Å². The number of carboxylic acids is 2. The Morgan fingerprint density at radius 3 is 1.83 bits per heavy atom. The zero-order chi connectivity index (χ0) is 25.5. The van der Waals surface area contributed by atoms with Crippen LogP contribution in [0.15, 0.2) is 84.9 Å². The zero-order valence-electron chi connectivity index (χ0n) is 19.9. The molecule has 2 atom stereocenters. The second kappa shape index (κ2) is 11.9. The first-order valence-electron chi connectivity index (χ1n) is 12.1. The van der Waals surface area contributed by atoms with Gasteiger partial charge < -0.3 is 14.9 Å². The summed E-state index contributed by atoms with van der Waals surface area (Å²) >= 11 is 0. The first-order chi connectivity index (χ1) is 17.5. The summed E-state index contributed by atoms with van der Waals surface area (Å²) in [5.41, 5.74) is 3.28. The molecule has 3 saturated heterocycles. The predicted octanol–water partition coefficient (Wildman–Crippen LogP) is 4.79. The molecule has 3 aromatic rings. The highest BCUT2D eigenvalue weighted by Crippen LogP contribution is 2.43. The van der Waals surface area contributed by atoms with Crippen LogP contribution in [0.4, 0.5) is 4.39 Å². The molecule has 6 nitrogen and oxygen atoms in total. The van der Waals surface area contributed by atoms with Gasteiger partial charge in [0.15, 0.2) is 0 Å². The Labute approximate surface area is 210 Å². The maximum absolute atomic E-state index is 14.2. The van der Waals surface area contributed by atoms with Gasteiger partial charge in [-0.3, -0.25) is 4.90 Å². The van der Waals surface area contributed by atoms with E-state index in [4.69, 9.17) is 24.5 Å². The number of carbonyl (C=O) groups is 2. The molecule has 0 aliphatic carbocycles. The molecular formula is C29H30FNO5. The summed E-state index contributed by atoms with van der Waals surface area (Å²) in [7, 11) is 0. The van der Waals surface area contributed by atoms with E-state index in [1.165, 1.54) is 17.2 Å². The van der Waals surface area contributed by atoms with Gasteiger partial charge in [-0.05, 0) is 49.0 Å². The maximum Gasteiger partial charge on any atom is 0.414 e. The molecule has 0 saturated carbocycles. The molecule has 3 aromatic carbocycles. The van der Waals surface area contributed by atoms with Crippen molar-refractivity contribution in [3.63, 3.8) is 0 Å². The fraction of sp³-hybridized carbons (Fsp3) is 0.310. The van der Waals surface area contributed by atoms with Crippen LogP contribution in [0.25, 0.3) is 0 Å². The Kier molecular flexibility index (Phi) is 8.46. The number of ether oxygens (including phenoxy) is 1. The van der Waals surface area contributed by atoms with E-state index in [-0.39, 0.29) is 23.9 Å². The molecule has 188 valence electrons. The highest BCUT2D eigenvalue weighted by atomic mass is 19.1. The van der Waals surface area contributed by atoms with Gasteiger partial charge in [-0.1, -0.05) is 78.9 Å². The van der Waals surface area contributed by atoms with E-state index in [0.717, 1.165) is 25.9 Å². The Bertz CT molecular complexity index is 1100. The summed E-state index contributed by atoms with van der Waals surface area (Å²) in [4.78, 5) is 20.8. The van der Waals surface area contributed by atoms with E-state index in [1.54, 1.807) is 6.07 Å². The van der Waals surface area contributed by atoms with Crippen molar-refractivity contribution >= 4 is 11.9 Å². The minimum Gasteiger partial charge on any atom is -0.473 e. The van der Waals surface area contributed by atoms with Crippen molar-refractivity contribution in [2.45, 2.75) is 37.5 Å². The van der Waals surface area contributed by atoms with Crippen molar-refractivity contribution in [3.05, 3.63) is 107 Å². The first kappa shape index (κ1) is 25.5. The van der Waals surface area contributed by atoms with Crippen LogP contribution in [0.2, 0.25) is 0 Å². The SMILES string of the molecule is Fc1ccccc1CO[C@@H]1C2CCN(CC2)[C@@H]1C(c1ccccc1)c1ccccc1.O=C(O)C(=O)O. The molecule has 0 unspecified atom stereocenters. The summed E-state index contributed by atoms with van der Waals surface area (Å²) in [5, 5.41) is 14.8. The van der Waals surface area contributed by atoms with Gasteiger partial charge in [0.05, 0.1) is 12.7 Å². The molecule has 0 aromatic heterocycles. The van der Waals surface area contributed by atoms with E-state index in [0.29, 0.717) is 18.1 Å². The Hall–Kier alpha value is -3.55. The van der Waals surface area contributed by atoms with Crippen molar-refractivity contribution in [1.29, 1.82) is 0 Å². The highest BCUT2D eigenvalue weighted by molar-refractivity contribution is 6.27. The third-order valence-corrected chi connectivity index (χ3v) is 7.03. The highest BCUT2D eigenvalue weighted by Gasteiger charge is 2.47. The average molecular weight is 492 g/mol. The van der Waals surface area contributed by atoms with Gasteiger partial charge in [0.1, 0.15) is 5.82 Å². The minimum absolute atomic E-state index is 0.0949. The topological polar surface area (TPSA) is 87.1 Å². The van der Waals surface area contributed by atoms with Gasteiger partial charge in [0.2, 0.25) is 0 Å². The molecule has 3 aliphatic rings. The summed E-state index contributed by atoms with van der Waals surface area (Å²) in [6.07, 6.45) is 2.42. The second-order valence-electron chi connectivity index (χ2n) is 9.14. The number of halogens is 1. The molecule has 0 spiro atoms. The summed E-state index contributed by atoms with van der Waals surface area (Å²) < 4.78 is 20.8. The molecule has 2 N–H and O–H groups in total. The number of hydrogen-bond acceptors (Lipinski definition) is 4. The van der Waals surface area contributed by atoms with Crippen LogP contribution in [0.1, 0.15) is 35.4 Å². The van der Waals surface area contributed by atoms with Crippen LogP contribution in [0.3, 0.4) is 0 Å². The Morgan fingerprint density at radius 1 is 0.833 bits per heavy atom. The molecule has 0 amide bonds. The van der Waals surface area contributed by atoms with Gasteiger partial charge in [0.25, 0.3) is 0 Å². The van der Waals surface area contributed by atoms with Gasteiger partial charge >= 0.3 is 11.9 Å². The number of hydrogen-bond donors (Lipinski definition) is 2. The molecular weight excluding hydrogens is 461 g/mol.